The van der Waals surface area contributed by atoms with E-state index in [1.165, 1.54) is 11.3 Å². The third kappa shape index (κ3) is 3.39. The van der Waals surface area contributed by atoms with E-state index < -0.39 is 5.97 Å². The van der Waals surface area contributed by atoms with E-state index in [1.807, 2.05) is 17.9 Å². The number of carbonyl (C=O) groups excluding carboxylic acids is 2. The molecular formula is C15H21NO3S. The highest BCUT2D eigenvalue weighted by atomic mass is 32.1. The number of carbonyl (C=O) groups is 2. The summed E-state index contributed by atoms with van der Waals surface area (Å²) in [6.07, 6.45) is 3.20. The maximum atomic E-state index is 12.2. The van der Waals surface area contributed by atoms with Crippen LogP contribution in [0.15, 0.2) is 12.1 Å². The second kappa shape index (κ2) is 6.39. The second-order valence-electron chi connectivity index (χ2n) is 5.42. The van der Waals surface area contributed by atoms with Crippen molar-refractivity contribution < 1.29 is 14.3 Å². The minimum absolute atomic E-state index is 0.0914. The fraction of sp³-hybridized carbons (Fsp3) is 0.600. The summed E-state index contributed by atoms with van der Waals surface area (Å²) in [5.74, 6) is -0.500. The highest BCUT2D eigenvalue weighted by molar-refractivity contribution is 7.13. The van der Waals surface area contributed by atoms with E-state index in [0.29, 0.717) is 4.88 Å². The number of aryl methyl sites for hydroxylation is 1. The van der Waals surface area contributed by atoms with Gasteiger partial charge in [-0.15, -0.1) is 11.3 Å². The molecule has 1 aliphatic heterocycles. The van der Waals surface area contributed by atoms with Crippen molar-refractivity contribution in [2.75, 3.05) is 6.61 Å². The first kappa shape index (κ1) is 15.0. The number of likely N-dealkylation sites (tertiary alicyclic amines) is 1. The lowest BCUT2D eigenvalue weighted by Crippen LogP contribution is -2.49. The number of rotatable bonds is 3. The molecule has 1 aliphatic rings. The molecule has 2 heterocycles. The molecule has 0 saturated carbocycles. The minimum atomic E-state index is -0.409. The molecule has 0 aromatic carbocycles. The lowest BCUT2D eigenvalue weighted by molar-refractivity contribution is -0.140. The van der Waals surface area contributed by atoms with Crippen LogP contribution in [0.25, 0.3) is 0 Å². The molecular weight excluding hydrogens is 274 g/mol. The molecule has 0 radical (unpaired) electrons. The van der Waals surface area contributed by atoms with Crippen molar-refractivity contribution in [2.45, 2.75) is 52.1 Å². The van der Waals surface area contributed by atoms with Gasteiger partial charge in [0.2, 0.25) is 0 Å². The molecule has 1 saturated heterocycles. The molecule has 0 unspecified atom stereocenters. The van der Waals surface area contributed by atoms with Gasteiger partial charge >= 0.3 is 5.97 Å². The Labute approximate surface area is 123 Å². The van der Waals surface area contributed by atoms with E-state index in [9.17, 15) is 9.59 Å². The van der Waals surface area contributed by atoms with Crippen LogP contribution in [-0.2, 0) is 9.53 Å². The van der Waals surface area contributed by atoms with Crippen molar-refractivity contribution >= 4 is 23.2 Å². The SMILES string of the molecule is Cc1ccc(C(=O)OCC(=O)N2[C@H](C)CCC[C@H]2C)s1. The highest BCUT2D eigenvalue weighted by Gasteiger charge is 2.29. The normalized spacial score (nSPS) is 22.6. The van der Waals surface area contributed by atoms with Crippen LogP contribution in [0.1, 0.15) is 47.7 Å². The summed E-state index contributed by atoms with van der Waals surface area (Å²) in [7, 11) is 0. The first-order valence-electron chi connectivity index (χ1n) is 7.03. The lowest BCUT2D eigenvalue weighted by Gasteiger charge is -2.38. The van der Waals surface area contributed by atoms with Crippen molar-refractivity contribution in [3.05, 3.63) is 21.9 Å². The maximum absolute atomic E-state index is 12.2. The number of piperidine rings is 1. The molecule has 20 heavy (non-hydrogen) atoms. The van der Waals surface area contributed by atoms with E-state index in [1.54, 1.807) is 6.07 Å². The summed E-state index contributed by atoms with van der Waals surface area (Å²) in [6.45, 7) is 5.88. The average molecular weight is 295 g/mol. The molecule has 110 valence electrons. The standard InChI is InChI=1S/C15H21NO3S/c1-10-5-4-6-11(2)16(10)14(17)9-19-15(18)13-8-7-12(3)20-13/h7-8,10-11H,4-6,9H2,1-3H3/t10-,11-/m1/s1. The molecule has 2 rings (SSSR count). The van der Waals surface area contributed by atoms with Crippen LogP contribution in [0.5, 0.6) is 0 Å². The van der Waals surface area contributed by atoms with Crippen molar-refractivity contribution in [1.29, 1.82) is 0 Å². The summed E-state index contributed by atoms with van der Waals surface area (Å²) in [6, 6.07) is 4.07. The van der Waals surface area contributed by atoms with Gasteiger partial charge in [-0.3, -0.25) is 4.79 Å². The first-order valence-corrected chi connectivity index (χ1v) is 7.85. The summed E-state index contributed by atoms with van der Waals surface area (Å²) < 4.78 is 5.13. The second-order valence-corrected chi connectivity index (χ2v) is 6.70. The predicted molar refractivity (Wildman–Crippen MR) is 79.0 cm³/mol. The average Bonchev–Trinajstić information content (AvgIpc) is 2.82. The van der Waals surface area contributed by atoms with Crippen molar-refractivity contribution in [3.63, 3.8) is 0 Å². The van der Waals surface area contributed by atoms with Gasteiger partial charge in [0.1, 0.15) is 4.88 Å². The topological polar surface area (TPSA) is 46.6 Å². The van der Waals surface area contributed by atoms with E-state index in [0.717, 1.165) is 24.1 Å². The maximum Gasteiger partial charge on any atom is 0.348 e. The molecule has 1 aromatic rings. The first-order chi connectivity index (χ1) is 9.49. The van der Waals surface area contributed by atoms with Gasteiger partial charge in [0, 0.05) is 17.0 Å². The van der Waals surface area contributed by atoms with Crippen LogP contribution in [-0.4, -0.2) is 35.5 Å². The summed E-state index contributed by atoms with van der Waals surface area (Å²) in [5.41, 5.74) is 0. The van der Waals surface area contributed by atoms with Crippen LogP contribution in [0.4, 0.5) is 0 Å². The molecule has 1 aromatic heterocycles. The molecule has 4 nitrogen and oxygen atoms in total. The van der Waals surface area contributed by atoms with Crippen molar-refractivity contribution in [3.8, 4) is 0 Å². The minimum Gasteiger partial charge on any atom is -0.451 e. The number of hydrogen-bond donors (Lipinski definition) is 0. The Bertz CT molecular complexity index is 487. The fourth-order valence-corrected chi connectivity index (χ4v) is 3.49. The molecule has 0 spiro atoms. The molecule has 2 atom stereocenters. The Hall–Kier alpha value is -1.36. The predicted octanol–water partition coefficient (Wildman–Crippen LogP) is 3.00. The van der Waals surface area contributed by atoms with Gasteiger partial charge in [-0.05, 0) is 52.2 Å². The van der Waals surface area contributed by atoms with Gasteiger partial charge < -0.3 is 9.64 Å². The molecule has 1 fully saturated rings. The van der Waals surface area contributed by atoms with Gasteiger partial charge in [0.25, 0.3) is 5.91 Å². The number of nitrogens with zero attached hydrogens (tertiary/aromatic N) is 1. The largest absolute Gasteiger partial charge is 0.451 e. The molecule has 0 aliphatic carbocycles. The Balaban J connectivity index is 1.90. The fourth-order valence-electron chi connectivity index (χ4n) is 2.73. The zero-order valence-corrected chi connectivity index (χ0v) is 13.0. The van der Waals surface area contributed by atoms with Crippen molar-refractivity contribution in [1.82, 2.24) is 4.90 Å². The zero-order valence-electron chi connectivity index (χ0n) is 12.2. The van der Waals surface area contributed by atoms with Gasteiger partial charge in [0.05, 0.1) is 0 Å². The molecule has 5 heteroatoms. The lowest BCUT2D eigenvalue weighted by atomic mass is 9.97. The summed E-state index contributed by atoms with van der Waals surface area (Å²) in [4.78, 5) is 27.5. The highest BCUT2D eigenvalue weighted by Crippen LogP contribution is 2.22. The van der Waals surface area contributed by atoms with Crippen molar-refractivity contribution in [2.24, 2.45) is 0 Å². The number of esters is 1. The Morgan fingerprint density at radius 3 is 2.50 bits per heavy atom. The van der Waals surface area contributed by atoms with E-state index >= 15 is 0 Å². The van der Waals surface area contributed by atoms with E-state index in [-0.39, 0.29) is 24.6 Å². The number of ether oxygens (including phenoxy) is 1. The van der Waals surface area contributed by atoms with Gasteiger partial charge in [0.15, 0.2) is 6.61 Å². The molecule has 1 amide bonds. The van der Waals surface area contributed by atoms with Crippen LogP contribution < -0.4 is 0 Å². The van der Waals surface area contributed by atoms with Crippen LogP contribution in [0.2, 0.25) is 0 Å². The Kier molecular flexibility index (Phi) is 4.81. The number of amides is 1. The third-order valence-corrected chi connectivity index (χ3v) is 4.73. The number of thiophene rings is 1. The summed E-state index contributed by atoms with van der Waals surface area (Å²) >= 11 is 1.38. The smallest absolute Gasteiger partial charge is 0.348 e. The zero-order chi connectivity index (χ0) is 14.7. The van der Waals surface area contributed by atoms with E-state index in [2.05, 4.69) is 13.8 Å². The van der Waals surface area contributed by atoms with Gasteiger partial charge in [-0.2, -0.15) is 0 Å². The third-order valence-electron chi connectivity index (χ3n) is 3.75. The van der Waals surface area contributed by atoms with E-state index in [4.69, 9.17) is 4.74 Å². The van der Waals surface area contributed by atoms with Crippen LogP contribution in [0.3, 0.4) is 0 Å². The number of hydrogen-bond acceptors (Lipinski definition) is 4. The quantitative estimate of drug-likeness (QED) is 0.805. The van der Waals surface area contributed by atoms with Crippen LogP contribution in [0, 0.1) is 6.92 Å². The monoisotopic (exact) mass is 295 g/mol. The molecule has 0 N–H and O–H groups in total. The molecule has 0 bridgehead atoms. The Morgan fingerprint density at radius 1 is 1.30 bits per heavy atom. The van der Waals surface area contributed by atoms with Crippen LogP contribution >= 0.6 is 11.3 Å². The van der Waals surface area contributed by atoms with Gasteiger partial charge in [-0.1, -0.05) is 0 Å². The van der Waals surface area contributed by atoms with Gasteiger partial charge in [-0.25, -0.2) is 4.79 Å². The Morgan fingerprint density at radius 2 is 1.95 bits per heavy atom. The summed E-state index contributed by atoms with van der Waals surface area (Å²) in [5, 5.41) is 0.